The number of likely N-dealkylation sites (N-methyl/N-ethyl adjacent to an activating group) is 1. The van der Waals surface area contributed by atoms with Gasteiger partial charge in [0, 0.05) is 6.42 Å². The van der Waals surface area contributed by atoms with Crippen molar-refractivity contribution in [1.82, 2.24) is 20.2 Å². The first-order chi connectivity index (χ1) is 11.3. The van der Waals surface area contributed by atoms with E-state index in [-0.39, 0.29) is 0 Å². The van der Waals surface area contributed by atoms with Gasteiger partial charge in [-0.1, -0.05) is 32.6 Å². The van der Waals surface area contributed by atoms with Crippen molar-refractivity contribution in [1.29, 1.82) is 0 Å². The molecule has 0 spiro atoms. The number of tetrazole rings is 1. The van der Waals surface area contributed by atoms with Crippen LogP contribution in [0.25, 0.3) is 0 Å². The first-order valence-corrected chi connectivity index (χ1v) is 9.79. The van der Waals surface area contributed by atoms with Crippen molar-refractivity contribution in [3.63, 3.8) is 0 Å². The lowest BCUT2D eigenvalue weighted by Gasteiger charge is -2.34. The molecule has 0 amide bonds. The van der Waals surface area contributed by atoms with Crippen LogP contribution in [0.1, 0.15) is 76.7 Å². The molecule has 1 aromatic heterocycles. The van der Waals surface area contributed by atoms with Gasteiger partial charge in [-0.3, -0.25) is 0 Å². The molecule has 2 aliphatic rings. The maximum atomic E-state index is 4.50. The Morgan fingerprint density at radius 3 is 2.48 bits per heavy atom. The second-order valence-electron chi connectivity index (χ2n) is 7.38. The molecule has 1 aliphatic carbocycles. The monoisotopic (exact) mass is 322 g/mol. The van der Waals surface area contributed by atoms with Gasteiger partial charge in [0.15, 0.2) is 0 Å². The molecular weight excluding hydrogens is 288 g/mol. The zero-order valence-corrected chi connectivity index (χ0v) is 14.9. The Kier molecular flexibility index (Phi) is 6.00. The highest BCUT2D eigenvalue weighted by Gasteiger charge is 2.34. The lowest BCUT2D eigenvalue weighted by Crippen LogP contribution is -3.28. The van der Waals surface area contributed by atoms with E-state index in [1.165, 1.54) is 77.7 Å². The summed E-state index contributed by atoms with van der Waals surface area (Å²) in [6.45, 7) is 10.9. The molecule has 2 fully saturated rings. The molecule has 1 atom stereocenters. The van der Waals surface area contributed by atoms with Crippen LogP contribution in [0.4, 0.5) is 0 Å². The van der Waals surface area contributed by atoms with Gasteiger partial charge >= 0.3 is 0 Å². The minimum atomic E-state index is 0.482. The van der Waals surface area contributed by atoms with Crippen molar-refractivity contribution in [3.05, 3.63) is 5.82 Å². The number of hydrogen-bond acceptors (Lipinski definition) is 3. The summed E-state index contributed by atoms with van der Waals surface area (Å²) in [6, 6.07) is 1.02. The third kappa shape index (κ3) is 3.91. The van der Waals surface area contributed by atoms with E-state index in [1.54, 1.807) is 9.80 Å². The van der Waals surface area contributed by atoms with Crippen LogP contribution in [0.3, 0.4) is 0 Å². The number of rotatable bonds is 6. The summed E-state index contributed by atoms with van der Waals surface area (Å²) in [6.07, 6.45) is 8.93. The van der Waals surface area contributed by atoms with E-state index in [4.69, 9.17) is 0 Å². The van der Waals surface area contributed by atoms with Gasteiger partial charge in [0.25, 0.3) is 0 Å². The molecule has 1 aliphatic heterocycles. The van der Waals surface area contributed by atoms with Crippen LogP contribution in [0.15, 0.2) is 0 Å². The summed E-state index contributed by atoms with van der Waals surface area (Å²) >= 11 is 0. The first-order valence-electron chi connectivity index (χ1n) is 9.79. The molecule has 3 rings (SSSR count). The Hall–Kier alpha value is -1.01. The molecule has 2 N–H and O–H groups in total. The number of nitrogens with zero attached hydrogens (tertiary/aromatic N) is 4. The van der Waals surface area contributed by atoms with Gasteiger partial charge in [-0.05, 0) is 30.2 Å². The number of piperazine rings is 1. The summed E-state index contributed by atoms with van der Waals surface area (Å²) in [7, 11) is 0. The van der Waals surface area contributed by atoms with Crippen LogP contribution in [0.2, 0.25) is 0 Å². The van der Waals surface area contributed by atoms with Crippen LogP contribution in [-0.2, 0) is 0 Å². The zero-order valence-electron chi connectivity index (χ0n) is 14.9. The highest BCUT2D eigenvalue weighted by Crippen LogP contribution is 2.29. The van der Waals surface area contributed by atoms with Gasteiger partial charge in [0.2, 0.25) is 5.82 Å². The summed E-state index contributed by atoms with van der Waals surface area (Å²) in [5.74, 6) is 1.16. The minimum absolute atomic E-state index is 0.482. The van der Waals surface area contributed by atoms with Crippen LogP contribution < -0.4 is 9.80 Å². The molecule has 23 heavy (non-hydrogen) atoms. The molecule has 130 valence electrons. The van der Waals surface area contributed by atoms with E-state index in [0.29, 0.717) is 12.1 Å². The van der Waals surface area contributed by atoms with Crippen LogP contribution in [0.5, 0.6) is 0 Å². The average Bonchev–Trinajstić information content (AvgIpc) is 3.10. The highest BCUT2D eigenvalue weighted by atomic mass is 15.6. The second-order valence-corrected chi connectivity index (χ2v) is 7.38. The standard InChI is InChI=1S/C17H32N6/c1-3-8-16(22-13-11-21(4-2)12-14-22)17-18-19-20-23(17)15-9-6-5-7-10-15/h15-16H,3-14H2,1-2H3/p+2/t16-/m1/s1. The molecule has 1 saturated heterocycles. The van der Waals surface area contributed by atoms with Crippen LogP contribution in [0, 0.1) is 0 Å². The summed E-state index contributed by atoms with van der Waals surface area (Å²) < 4.78 is 2.20. The number of nitrogens with one attached hydrogen (secondary N) is 2. The summed E-state index contributed by atoms with van der Waals surface area (Å²) in [5, 5.41) is 13.0. The second kappa shape index (κ2) is 8.20. The first kappa shape index (κ1) is 16.8. The fraction of sp³-hybridized carbons (Fsp3) is 0.941. The van der Waals surface area contributed by atoms with E-state index in [0.717, 1.165) is 5.82 Å². The van der Waals surface area contributed by atoms with E-state index >= 15 is 0 Å². The lowest BCUT2D eigenvalue weighted by molar-refractivity contribution is -1.03. The average molecular weight is 323 g/mol. The molecule has 0 radical (unpaired) electrons. The van der Waals surface area contributed by atoms with Crippen LogP contribution >= 0.6 is 0 Å². The molecule has 0 bridgehead atoms. The largest absolute Gasteiger partial charge is 0.326 e. The van der Waals surface area contributed by atoms with Gasteiger partial charge < -0.3 is 9.80 Å². The van der Waals surface area contributed by atoms with Gasteiger partial charge in [0.05, 0.1) is 12.6 Å². The Balaban J connectivity index is 1.74. The SMILES string of the molecule is CCC[C@H](c1nnnn1C1CCCCC1)[NH+]1CC[NH+](CC)CC1. The molecule has 0 unspecified atom stereocenters. The predicted molar refractivity (Wildman–Crippen MR) is 89.5 cm³/mol. The molecule has 6 heteroatoms. The van der Waals surface area contributed by atoms with Crippen LogP contribution in [-0.4, -0.2) is 52.9 Å². The summed E-state index contributed by atoms with van der Waals surface area (Å²) in [5.41, 5.74) is 0. The Morgan fingerprint density at radius 1 is 1.09 bits per heavy atom. The molecule has 1 saturated carbocycles. The zero-order chi connectivity index (χ0) is 16.1. The van der Waals surface area contributed by atoms with Crippen molar-refractivity contribution >= 4 is 0 Å². The predicted octanol–water partition coefficient (Wildman–Crippen LogP) is -0.177. The van der Waals surface area contributed by atoms with Gasteiger partial charge in [0.1, 0.15) is 32.2 Å². The topological polar surface area (TPSA) is 52.5 Å². The molecule has 6 nitrogen and oxygen atoms in total. The molecular formula is C17H34N6+2. The highest BCUT2D eigenvalue weighted by molar-refractivity contribution is 4.91. The van der Waals surface area contributed by atoms with Gasteiger partial charge in [-0.25, -0.2) is 4.68 Å². The lowest BCUT2D eigenvalue weighted by atomic mass is 9.95. The fourth-order valence-electron chi connectivity index (χ4n) is 4.45. The summed E-state index contributed by atoms with van der Waals surface area (Å²) in [4.78, 5) is 3.45. The number of aromatic nitrogens is 4. The fourth-order valence-corrected chi connectivity index (χ4v) is 4.45. The van der Waals surface area contributed by atoms with Crippen molar-refractivity contribution in [2.24, 2.45) is 0 Å². The third-order valence-corrected chi connectivity index (χ3v) is 5.92. The van der Waals surface area contributed by atoms with Crippen molar-refractivity contribution in [3.8, 4) is 0 Å². The number of hydrogen-bond donors (Lipinski definition) is 2. The third-order valence-electron chi connectivity index (χ3n) is 5.92. The Bertz CT molecular complexity index is 459. The van der Waals surface area contributed by atoms with E-state index in [2.05, 4.69) is 34.1 Å². The van der Waals surface area contributed by atoms with E-state index < -0.39 is 0 Å². The smallest absolute Gasteiger partial charge is 0.209 e. The van der Waals surface area contributed by atoms with Crippen molar-refractivity contribution in [2.45, 2.75) is 70.9 Å². The molecule has 1 aromatic rings. The van der Waals surface area contributed by atoms with E-state index in [1.807, 2.05) is 0 Å². The van der Waals surface area contributed by atoms with Crippen molar-refractivity contribution < 1.29 is 9.80 Å². The quantitative estimate of drug-likeness (QED) is 0.764. The molecule has 2 heterocycles. The van der Waals surface area contributed by atoms with Gasteiger partial charge in [-0.15, -0.1) is 5.10 Å². The Labute approximate surface area is 140 Å². The maximum absolute atomic E-state index is 4.50. The normalized spacial score (nSPS) is 27.9. The Morgan fingerprint density at radius 2 is 1.83 bits per heavy atom. The molecule has 0 aromatic carbocycles. The maximum Gasteiger partial charge on any atom is 0.209 e. The van der Waals surface area contributed by atoms with Gasteiger partial charge in [-0.2, -0.15) is 0 Å². The van der Waals surface area contributed by atoms with E-state index in [9.17, 15) is 0 Å². The minimum Gasteiger partial charge on any atom is -0.326 e. The number of quaternary nitrogens is 2. The van der Waals surface area contributed by atoms with Crippen molar-refractivity contribution in [2.75, 3.05) is 32.7 Å².